The van der Waals surface area contributed by atoms with Crippen LogP contribution < -0.4 is 10.9 Å². The SMILES string of the molecule is CCc1cccc(C)c1NC(=O)C(C)Sc1nc(-c2ccc(C)cc2)c(C#N)c(=O)[nH]1. The predicted octanol–water partition coefficient (Wildman–Crippen LogP) is 4.61. The third-order valence-corrected chi connectivity index (χ3v) is 5.96. The fourth-order valence-electron chi connectivity index (χ4n) is 3.18. The summed E-state index contributed by atoms with van der Waals surface area (Å²) in [6.45, 7) is 7.72. The number of nitrogens with zero attached hydrogens (tertiary/aromatic N) is 2. The van der Waals surface area contributed by atoms with Crippen molar-refractivity contribution in [3.8, 4) is 17.3 Å². The number of carbonyl (C=O) groups is 1. The topological polar surface area (TPSA) is 98.6 Å². The van der Waals surface area contributed by atoms with Gasteiger partial charge in [-0.15, -0.1) is 0 Å². The third kappa shape index (κ3) is 5.04. The highest BCUT2D eigenvalue weighted by atomic mass is 32.2. The van der Waals surface area contributed by atoms with E-state index < -0.39 is 10.8 Å². The zero-order chi connectivity index (χ0) is 22.5. The number of para-hydroxylation sites is 1. The molecule has 0 aliphatic heterocycles. The Morgan fingerprint density at radius 3 is 2.58 bits per heavy atom. The summed E-state index contributed by atoms with van der Waals surface area (Å²) in [4.78, 5) is 32.4. The number of rotatable bonds is 6. The Morgan fingerprint density at radius 2 is 1.94 bits per heavy atom. The fourth-order valence-corrected chi connectivity index (χ4v) is 3.98. The van der Waals surface area contributed by atoms with Crippen LogP contribution in [0.4, 0.5) is 5.69 Å². The lowest BCUT2D eigenvalue weighted by molar-refractivity contribution is -0.115. The average molecular weight is 433 g/mol. The average Bonchev–Trinajstić information content (AvgIpc) is 2.75. The van der Waals surface area contributed by atoms with Crippen LogP contribution in [0.2, 0.25) is 0 Å². The first-order chi connectivity index (χ1) is 14.8. The van der Waals surface area contributed by atoms with E-state index in [4.69, 9.17) is 0 Å². The highest BCUT2D eigenvalue weighted by Gasteiger charge is 2.20. The van der Waals surface area contributed by atoms with Crippen molar-refractivity contribution in [2.75, 3.05) is 5.32 Å². The van der Waals surface area contributed by atoms with E-state index in [9.17, 15) is 14.9 Å². The number of H-pyrrole nitrogens is 1. The van der Waals surface area contributed by atoms with Gasteiger partial charge in [0.05, 0.1) is 10.9 Å². The van der Waals surface area contributed by atoms with E-state index in [1.807, 2.05) is 69.3 Å². The van der Waals surface area contributed by atoms with Crippen LogP contribution >= 0.6 is 11.8 Å². The summed E-state index contributed by atoms with van der Waals surface area (Å²) >= 11 is 1.15. The zero-order valence-corrected chi connectivity index (χ0v) is 18.8. The van der Waals surface area contributed by atoms with Crippen LogP contribution in [0.15, 0.2) is 52.4 Å². The summed E-state index contributed by atoms with van der Waals surface area (Å²) in [5.74, 6) is -0.183. The van der Waals surface area contributed by atoms with Crippen molar-refractivity contribution in [1.82, 2.24) is 9.97 Å². The second-order valence-corrected chi connectivity index (χ2v) is 8.61. The Morgan fingerprint density at radius 1 is 1.23 bits per heavy atom. The Labute approximate surface area is 185 Å². The van der Waals surface area contributed by atoms with E-state index in [1.165, 1.54) is 0 Å². The molecule has 0 fully saturated rings. The van der Waals surface area contributed by atoms with Gasteiger partial charge in [-0.1, -0.05) is 66.7 Å². The van der Waals surface area contributed by atoms with Crippen LogP contribution in [-0.2, 0) is 11.2 Å². The van der Waals surface area contributed by atoms with Crippen LogP contribution in [0.3, 0.4) is 0 Å². The first kappa shape index (κ1) is 22.3. The number of aromatic nitrogens is 2. The molecule has 0 saturated heterocycles. The van der Waals surface area contributed by atoms with Crippen molar-refractivity contribution >= 4 is 23.4 Å². The van der Waals surface area contributed by atoms with E-state index in [2.05, 4.69) is 15.3 Å². The summed E-state index contributed by atoms with van der Waals surface area (Å²) < 4.78 is 0. The van der Waals surface area contributed by atoms with Crippen molar-refractivity contribution in [2.45, 2.75) is 44.5 Å². The molecule has 1 heterocycles. The highest BCUT2D eigenvalue weighted by Crippen LogP contribution is 2.27. The zero-order valence-electron chi connectivity index (χ0n) is 17.9. The standard InChI is InChI=1S/C24H24N4O2S/c1-5-17-8-6-7-15(3)20(17)26-22(29)16(4)31-24-27-21(19(13-25)23(30)28-24)18-11-9-14(2)10-12-18/h6-12,16H,5H2,1-4H3,(H,26,29)(H,27,28,30). The number of thioether (sulfide) groups is 1. The largest absolute Gasteiger partial charge is 0.325 e. The number of anilines is 1. The summed E-state index contributed by atoms with van der Waals surface area (Å²) in [6, 6.07) is 15.3. The van der Waals surface area contributed by atoms with Gasteiger partial charge in [0.15, 0.2) is 5.16 Å². The molecule has 0 aliphatic carbocycles. The molecule has 3 rings (SSSR count). The number of amides is 1. The minimum atomic E-state index is -0.518. The molecular weight excluding hydrogens is 408 g/mol. The maximum atomic E-state index is 12.8. The quantitative estimate of drug-likeness (QED) is 0.438. The van der Waals surface area contributed by atoms with E-state index in [1.54, 1.807) is 6.92 Å². The van der Waals surface area contributed by atoms with E-state index in [-0.39, 0.29) is 11.5 Å². The molecule has 0 aliphatic rings. The molecular formula is C24H24N4O2S. The molecule has 7 heteroatoms. The van der Waals surface area contributed by atoms with Crippen LogP contribution in [0.5, 0.6) is 0 Å². The van der Waals surface area contributed by atoms with E-state index in [0.717, 1.165) is 40.6 Å². The lowest BCUT2D eigenvalue weighted by Crippen LogP contribution is -2.24. The summed E-state index contributed by atoms with van der Waals surface area (Å²) in [5, 5.41) is 12.2. The predicted molar refractivity (Wildman–Crippen MR) is 124 cm³/mol. The molecule has 0 spiro atoms. The molecule has 1 unspecified atom stereocenters. The lowest BCUT2D eigenvalue weighted by Gasteiger charge is -2.16. The van der Waals surface area contributed by atoms with Gasteiger partial charge in [0, 0.05) is 11.3 Å². The second-order valence-electron chi connectivity index (χ2n) is 7.28. The Hall–Kier alpha value is -3.37. The number of nitriles is 1. The molecule has 158 valence electrons. The number of hydrogen-bond acceptors (Lipinski definition) is 5. The van der Waals surface area contributed by atoms with E-state index >= 15 is 0 Å². The monoisotopic (exact) mass is 432 g/mol. The van der Waals surface area contributed by atoms with Gasteiger partial charge < -0.3 is 10.3 Å². The third-order valence-electron chi connectivity index (χ3n) is 4.98. The Kier molecular flexibility index (Phi) is 6.93. The minimum Gasteiger partial charge on any atom is -0.325 e. The molecule has 1 atom stereocenters. The number of benzene rings is 2. The molecule has 0 radical (unpaired) electrons. The van der Waals surface area contributed by atoms with Gasteiger partial charge in [0.1, 0.15) is 11.6 Å². The smallest absolute Gasteiger partial charge is 0.270 e. The van der Waals surface area contributed by atoms with Gasteiger partial charge in [0.25, 0.3) is 5.56 Å². The van der Waals surface area contributed by atoms with Crippen LogP contribution in [0, 0.1) is 25.2 Å². The van der Waals surface area contributed by atoms with Crippen molar-refractivity contribution < 1.29 is 4.79 Å². The molecule has 0 bridgehead atoms. The molecule has 2 aromatic carbocycles. The van der Waals surface area contributed by atoms with Crippen molar-refractivity contribution in [1.29, 1.82) is 5.26 Å². The first-order valence-electron chi connectivity index (χ1n) is 10.0. The van der Waals surface area contributed by atoms with Gasteiger partial charge in [-0.05, 0) is 38.3 Å². The van der Waals surface area contributed by atoms with Crippen molar-refractivity contribution in [3.63, 3.8) is 0 Å². The number of aryl methyl sites for hydroxylation is 3. The first-order valence-corrected chi connectivity index (χ1v) is 10.9. The van der Waals surface area contributed by atoms with Crippen LogP contribution in [-0.4, -0.2) is 21.1 Å². The molecule has 2 N–H and O–H groups in total. The highest BCUT2D eigenvalue weighted by molar-refractivity contribution is 8.00. The second kappa shape index (κ2) is 9.63. The minimum absolute atomic E-state index is 0.0437. The number of carbonyl (C=O) groups excluding carboxylic acids is 1. The molecule has 6 nitrogen and oxygen atoms in total. The van der Waals surface area contributed by atoms with Gasteiger partial charge in [-0.3, -0.25) is 9.59 Å². The van der Waals surface area contributed by atoms with Gasteiger partial charge >= 0.3 is 0 Å². The Balaban J connectivity index is 1.87. The summed E-state index contributed by atoms with van der Waals surface area (Å²) in [6.07, 6.45) is 0.809. The van der Waals surface area contributed by atoms with Gasteiger partial charge in [-0.2, -0.15) is 5.26 Å². The number of nitrogens with one attached hydrogen (secondary N) is 2. The van der Waals surface area contributed by atoms with Crippen molar-refractivity contribution in [3.05, 3.63) is 75.1 Å². The molecule has 3 aromatic rings. The molecule has 1 aromatic heterocycles. The summed E-state index contributed by atoms with van der Waals surface area (Å²) in [7, 11) is 0. The number of aromatic amines is 1. The molecule has 0 saturated carbocycles. The normalized spacial score (nSPS) is 11.6. The van der Waals surface area contributed by atoms with Gasteiger partial charge in [-0.25, -0.2) is 4.98 Å². The molecule has 31 heavy (non-hydrogen) atoms. The van der Waals surface area contributed by atoms with Crippen molar-refractivity contribution in [2.24, 2.45) is 0 Å². The Bertz CT molecular complexity index is 1210. The van der Waals surface area contributed by atoms with Gasteiger partial charge in [0.2, 0.25) is 5.91 Å². The maximum absolute atomic E-state index is 12.8. The lowest BCUT2D eigenvalue weighted by atomic mass is 10.1. The summed E-state index contributed by atoms with van der Waals surface area (Å²) in [5.41, 5.74) is 4.38. The fraction of sp³-hybridized carbons (Fsp3) is 0.250. The van der Waals surface area contributed by atoms with Crippen LogP contribution in [0.1, 0.15) is 36.1 Å². The maximum Gasteiger partial charge on any atom is 0.270 e. The van der Waals surface area contributed by atoms with E-state index in [0.29, 0.717) is 16.4 Å². The van der Waals surface area contributed by atoms with Crippen LogP contribution in [0.25, 0.3) is 11.3 Å². The molecule has 1 amide bonds. The number of hydrogen-bond donors (Lipinski definition) is 2.